The maximum atomic E-state index is 13.1. The lowest BCUT2D eigenvalue weighted by Crippen LogP contribution is -2.49. The van der Waals surface area contributed by atoms with Gasteiger partial charge in [0.15, 0.2) is 0 Å². The van der Waals surface area contributed by atoms with Crippen LogP contribution in [0.2, 0.25) is 0 Å². The van der Waals surface area contributed by atoms with Gasteiger partial charge < -0.3 is 10.2 Å². The predicted octanol–water partition coefficient (Wildman–Crippen LogP) is 4.24. The number of carbonyl (C=O) groups excluding carboxylic acids is 2. The Morgan fingerprint density at radius 2 is 1.67 bits per heavy atom. The summed E-state index contributed by atoms with van der Waals surface area (Å²) in [5.74, 6) is -0.195. The first-order chi connectivity index (χ1) is 12.8. The highest BCUT2D eigenvalue weighted by Crippen LogP contribution is 2.16. The fourth-order valence-corrected chi connectivity index (χ4v) is 3.11. The van der Waals surface area contributed by atoms with Crippen LogP contribution in [0.5, 0.6) is 0 Å². The molecule has 0 saturated heterocycles. The molecule has 1 atom stereocenters. The Labute approximate surface area is 170 Å². The number of carbonyl (C=O) groups is 2. The van der Waals surface area contributed by atoms with Crippen molar-refractivity contribution in [2.24, 2.45) is 0 Å². The van der Waals surface area contributed by atoms with Crippen molar-refractivity contribution >= 4 is 27.7 Å². The van der Waals surface area contributed by atoms with Gasteiger partial charge in [-0.1, -0.05) is 52.3 Å². The highest BCUT2D eigenvalue weighted by atomic mass is 79.9. The largest absolute Gasteiger partial charge is 0.352 e. The highest BCUT2D eigenvalue weighted by Gasteiger charge is 2.26. The molecule has 0 aliphatic heterocycles. The van der Waals surface area contributed by atoms with Gasteiger partial charge in [0.05, 0.1) is 6.42 Å². The molecule has 144 valence electrons. The maximum absolute atomic E-state index is 13.1. The van der Waals surface area contributed by atoms with Gasteiger partial charge in [-0.05, 0) is 56.5 Å². The van der Waals surface area contributed by atoms with Crippen LogP contribution in [0.15, 0.2) is 53.0 Å². The van der Waals surface area contributed by atoms with Crippen molar-refractivity contribution in [3.05, 3.63) is 69.7 Å². The van der Waals surface area contributed by atoms with E-state index in [1.807, 2.05) is 69.3 Å². The zero-order valence-corrected chi connectivity index (χ0v) is 17.9. The number of halogens is 1. The molecule has 5 heteroatoms. The van der Waals surface area contributed by atoms with Crippen LogP contribution in [0.4, 0.5) is 0 Å². The van der Waals surface area contributed by atoms with E-state index in [0.717, 1.165) is 21.2 Å². The molecule has 0 spiro atoms. The number of aryl methyl sites for hydroxylation is 1. The van der Waals surface area contributed by atoms with E-state index in [2.05, 4.69) is 21.2 Å². The average molecular weight is 431 g/mol. The quantitative estimate of drug-likeness (QED) is 0.713. The van der Waals surface area contributed by atoms with Crippen LogP contribution in [0.25, 0.3) is 0 Å². The minimum atomic E-state index is -0.549. The molecule has 27 heavy (non-hydrogen) atoms. The molecule has 0 aliphatic carbocycles. The molecule has 0 aliphatic rings. The predicted molar refractivity (Wildman–Crippen MR) is 112 cm³/mol. The van der Waals surface area contributed by atoms with Crippen molar-refractivity contribution < 1.29 is 9.59 Å². The van der Waals surface area contributed by atoms with Crippen molar-refractivity contribution in [3.63, 3.8) is 0 Å². The van der Waals surface area contributed by atoms with Crippen LogP contribution < -0.4 is 5.32 Å². The van der Waals surface area contributed by atoms with E-state index in [1.54, 1.807) is 11.8 Å². The second kappa shape index (κ2) is 9.70. The average Bonchev–Trinajstić information content (AvgIpc) is 2.62. The van der Waals surface area contributed by atoms with Gasteiger partial charge >= 0.3 is 0 Å². The Balaban J connectivity index is 2.24. The SMILES string of the molecule is Cc1ccccc1CC(=O)N(Cc1ccc(Br)cc1)[C@H](C)C(=O)NC(C)C. The van der Waals surface area contributed by atoms with E-state index in [1.165, 1.54) is 0 Å². The minimum Gasteiger partial charge on any atom is -0.352 e. The summed E-state index contributed by atoms with van der Waals surface area (Å²) in [5.41, 5.74) is 3.05. The molecule has 0 heterocycles. The molecule has 0 fully saturated rings. The van der Waals surface area contributed by atoms with Crippen molar-refractivity contribution in [2.45, 2.75) is 52.7 Å². The van der Waals surface area contributed by atoms with Crippen LogP contribution in [0, 0.1) is 6.92 Å². The summed E-state index contributed by atoms with van der Waals surface area (Å²) in [6, 6.07) is 15.1. The van der Waals surface area contributed by atoms with Crippen molar-refractivity contribution in [2.75, 3.05) is 0 Å². The first-order valence-corrected chi connectivity index (χ1v) is 9.96. The molecule has 1 N–H and O–H groups in total. The summed E-state index contributed by atoms with van der Waals surface area (Å²) in [7, 11) is 0. The second-order valence-corrected chi connectivity index (χ2v) is 8.01. The summed E-state index contributed by atoms with van der Waals surface area (Å²) in [6.07, 6.45) is 0.280. The van der Waals surface area contributed by atoms with E-state index in [-0.39, 0.29) is 24.3 Å². The standard InChI is InChI=1S/C22H27BrN2O2/c1-15(2)24-22(27)17(4)25(14-18-9-11-20(23)12-10-18)21(26)13-19-8-6-5-7-16(19)3/h5-12,15,17H,13-14H2,1-4H3,(H,24,27)/t17-/m1/s1. The molecule has 0 bridgehead atoms. The second-order valence-electron chi connectivity index (χ2n) is 7.09. The fraction of sp³-hybridized carbons (Fsp3) is 0.364. The summed E-state index contributed by atoms with van der Waals surface area (Å²) < 4.78 is 0.981. The molecule has 0 unspecified atom stereocenters. The summed E-state index contributed by atoms with van der Waals surface area (Å²) >= 11 is 3.43. The third-order valence-corrected chi connectivity index (χ3v) is 5.00. The van der Waals surface area contributed by atoms with E-state index < -0.39 is 6.04 Å². The molecule has 0 aromatic heterocycles. The van der Waals surface area contributed by atoms with Gasteiger partial charge in [-0.25, -0.2) is 0 Å². The number of rotatable bonds is 7. The molecule has 0 saturated carbocycles. The molecule has 2 aromatic carbocycles. The lowest BCUT2D eigenvalue weighted by molar-refractivity contribution is -0.140. The number of nitrogens with zero attached hydrogens (tertiary/aromatic N) is 1. The Morgan fingerprint density at radius 1 is 1.04 bits per heavy atom. The van der Waals surface area contributed by atoms with Crippen LogP contribution >= 0.6 is 15.9 Å². The smallest absolute Gasteiger partial charge is 0.242 e. The molecular weight excluding hydrogens is 404 g/mol. The highest BCUT2D eigenvalue weighted by molar-refractivity contribution is 9.10. The Morgan fingerprint density at radius 3 is 2.26 bits per heavy atom. The molecule has 4 nitrogen and oxygen atoms in total. The summed E-state index contributed by atoms with van der Waals surface area (Å²) in [5, 5.41) is 2.91. The van der Waals surface area contributed by atoms with E-state index in [9.17, 15) is 9.59 Å². The fourth-order valence-electron chi connectivity index (χ4n) is 2.85. The third-order valence-electron chi connectivity index (χ3n) is 4.47. The normalized spacial score (nSPS) is 11.9. The van der Waals surface area contributed by atoms with E-state index >= 15 is 0 Å². The first kappa shape index (κ1) is 21.2. The number of hydrogen-bond acceptors (Lipinski definition) is 2. The number of amides is 2. The van der Waals surface area contributed by atoms with Gasteiger partial charge in [-0.15, -0.1) is 0 Å². The Bertz CT molecular complexity index is 787. The van der Waals surface area contributed by atoms with Gasteiger partial charge in [0.2, 0.25) is 11.8 Å². The van der Waals surface area contributed by atoms with Crippen LogP contribution in [0.1, 0.15) is 37.5 Å². The summed E-state index contributed by atoms with van der Waals surface area (Å²) in [4.78, 5) is 27.3. The lowest BCUT2D eigenvalue weighted by Gasteiger charge is -2.29. The monoisotopic (exact) mass is 430 g/mol. The maximum Gasteiger partial charge on any atom is 0.242 e. The minimum absolute atomic E-state index is 0.0287. The zero-order chi connectivity index (χ0) is 20.0. The number of benzene rings is 2. The zero-order valence-electron chi connectivity index (χ0n) is 16.3. The van der Waals surface area contributed by atoms with E-state index in [4.69, 9.17) is 0 Å². The Kier molecular flexibility index (Phi) is 7.60. The van der Waals surface area contributed by atoms with Gasteiger partial charge in [0.25, 0.3) is 0 Å². The van der Waals surface area contributed by atoms with Gasteiger partial charge in [-0.3, -0.25) is 9.59 Å². The molecular formula is C22H27BrN2O2. The van der Waals surface area contributed by atoms with Crippen molar-refractivity contribution in [1.82, 2.24) is 10.2 Å². The third kappa shape index (κ3) is 6.21. The van der Waals surface area contributed by atoms with Gasteiger partial charge in [-0.2, -0.15) is 0 Å². The van der Waals surface area contributed by atoms with Crippen molar-refractivity contribution in [3.8, 4) is 0 Å². The summed E-state index contributed by atoms with van der Waals surface area (Å²) in [6.45, 7) is 8.01. The molecule has 0 radical (unpaired) electrons. The number of hydrogen-bond donors (Lipinski definition) is 1. The van der Waals surface area contributed by atoms with Crippen molar-refractivity contribution in [1.29, 1.82) is 0 Å². The van der Waals surface area contributed by atoms with Gasteiger partial charge in [0.1, 0.15) is 6.04 Å². The van der Waals surface area contributed by atoms with E-state index in [0.29, 0.717) is 6.54 Å². The lowest BCUT2D eigenvalue weighted by atomic mass is 10.0. The number of nitrogens with one attached hydrogen (secondary N) is 1. The van der Waals surface area contributed by atoms with Gasteiger partial charge in [0, 0.05) is 17.1 Å². The van der Waals surface area contributed by atoms with Crippen LogP contribution in [-0.4, -0.2) is 28.8 Å². The first-order valence-electron chi connectivity index (χ1n) is 9.16. The molecule has 2 rings (SSSR count). The molecule has 2 amide bonds. The Hall–Kier alpha value is -2.14. The van der Waals surface area contributed by atoms with Crippen LogP contribution in [-0.2, 0) is 22.6 Å². The topological polar surface area (TPSA) is 49.4 Å². The molecule has 2 aromatic rings. The van der Waals surface area contributed by atoms with Crippen LogP contribution in [0.3, 0.4) is 0 Å².